The van der Waals surface area contributed by atoms with E-state index in [0.717, 1.165) is 44.9 Å². The van der Waals surface area contributed by atoms with Gasteiger partial charge in [-0.15, -0.1) is 0 Å². The first kappa shape index (κ1) is 32.4. The molecular weight excluding hydrogens is 502 g/mol. The Morgan fingerprint density at radius 1 is 0.784 bits per heavy atom. The Labute approximate surface area is 227 Å². The predicted molar refractivity (Wildman–Crippen MR) is 143 cm³/mol. The van der Waals surface area contributed by atoms with Gasteiger partial charge < -0.3 is 23.7 Å². The van der Waals surface area contributed by atoms with E-state index < -0.39 is 35.4 Å². The molecule has 0 unspecified atom stereocenters. The van der Waals surface area contributed by atoms with Crippen LogP contribution in [-0.4, -0.2) is 62.5 Å². The molecule has 5 atom stereocenters. The monoisotopic (exact) mass is 548 g/mol. The molecule has 1 saturated heterocycles. The van der Waals surface area contributed by atoms with Gasteiger partial charge in [-0.1, -0.05) is 95.3 Å². The smallest absolute Gasteiger partial charge is 0.318 e. The zero-order valence-electron chi connectivity index (χ0n) is 23.1. The van der Waals surface area contributed by atoms with Crippen molar-refractivity contribution in [3.05, 3.63) is 35.9 Å². The van der Waals surface area contributed by atoms with E-state index >= 15 is 8.78 Å². The molecule has 1 fully saturated rings. The number of benzene rings is 1. The zero-order chi connectivity index (χ0) is 27.2. The molecule has 1 aromatic carbocycles. The molecule has 1 aromatic rings. The van der Waals surface area contributed by atoms with E-state index in [1.165, 1.54) is 12.1 Å². The van der Waals surface area contributed by atoms with E-state index in [-0.39, 0.29) is 18.8 Å². The summed E-state index contributed by atoms with van der Waals surface area (Å²) in [5.74, 6) is -3.57. The zero-order valence-corrected chi connectivity index (χ0v) is 23.8. The second kappa shape index (κ2) is 17.0. The Morgan fingerprint density at radius 2 is 1.30 bits per heavy atom. The third-order valence-electron chi connectivity index (χ3n) is 6.58. The maximum Gasteiger partial charge on any atom is 0.318 e. The van der Waals surface area contributed by atoms with E-state index in [2.05, 4.69) is 20.8 Å². The van der Waals surface area contributed by atoms with E-state index in [1.807, 2.05) is 6.92 Å². The number of halogens is 3. The van der Waals surface area contributed by atoms with Crippen LogP contribution < -0.4 is 0 Å². The van der Waals surface area contributed by atoms with Crippen molar-refractivity contribution < 1.29 is 32.5 Å². The highest BCUT2D eigenvalue weighted by Crippen LogP contribution is 2.52. The molecule has 1 heterocycles. The quantitative estimate of drug-likeness (QED) is 0.132. The fraction of sp³-hybridized carbons (Fsp3) is 0.793. The molecule has 0 aliphatic carbocycles. The minimum absolute atomic E-state index is 0.0749. The van der Waals surface area contributed by atoms with Gasteiger partial charge in [-0.25, -0.2) is 0 Å². The Hall–Kier alpha value is -0.830. The lowest BCUT2D eigenvalue weighted by atomic mass is 9.87. The molecule has 1 aliphatic rings. The maximum atomic E-state index is 16.3. The average Bonchev–Trinajstić information content (AvgIpc) is 2.90. The van der Waals surface area contributed by atoms with Crippen LogP contribution in [0.3, 0.4) is 0 Å². The number of unbranched alkanes of at least 4 members (excludes halogenated alkanes) is 4. The maximum absolute atomic E-state index is 16.3. The van der Waals surface area contributed by atoms with Crippen LogP contribution >= 0.6 is 11.6 Å². The van der Waals surface area contributed by atoms with E-state index in [0.29, 0.717) is 26.2 Å². The molecule has 0 N–H and O–H groups in total. The van der Waals surface area contributed by atoms with Crippen LogP contribution in [0.2, 0.25) is 0 Å². The first-order valence-electron chi connectivity index (χ1n) is 14.1. The summed E-state index contributed by atoms with van der Waals surface area (Å²) < 4.78 is 63.4. The predicted octanol–water partition coefficient (Wildman–Crippen LogP) is 7.48. The van der Waals surface area contributed by atoms with Crippen LogP contribution in [0.1, 0.15) is 84.6 Å². The van der Waals surface area contributed by atoms with Gasteiger partial charge in [-0.05, 0) is 25.7 Å². The van der Waals surface area contributed by atoms with Gasteiger partial charge in [0, 0.05) is 32.0 Å². The van der Waals surface area contributed by atoms with Gasteiger partial charge in [0.2, 0.25) is 5.06 Å². The molecule has 2 rings (SSSR count). The van der Waals surface area contributed by atoms with Crippen molar-refractivity contribution in [3.8, 4) is 0 Å². The van der Waals surface area contributed by atoms with E-state index in [1.54, 1.807) is 18.2 Å². The molecular formula is C29H47ClF2O5. The Bertz CT molecular complexity index is 726. The van der Waals surface area contributed by atoms with Crippen LogP contribution in [0.25, 0.3) is 0 Å². The fourth-order valence-electron chi connectivity index (χ4n) is 4.29. The highest BCUT2D eigenvalue weighted by molar-refractivity contribution is 6.24. The van der Waals surface area contributed by atoms with Crippen LogP contribution in [-0.2, 0) is 29.6 Å². The summed E-state index contributed by atoms with van der Waals surface area (Å²) in [5.41, 5.74) is -0.239. The largest absolute Gasteiger partial charge is 0.379 e. The molecule has 0 bridgehead atoms. The summed E-state index contributed by atoms with van der Waals surface area (Å²) in [6.07, 6.45) is 3.22. The molecule has 0 spiro atoms. The number of hydrogen-bond acceptors (Lipinski definition) is 5. The Kier molecular flexibility index (Phi) is 14.9. The van der Waals surface area contributed by atoms with E-state index in [4.69, 9.17) is 35.3 Å². The minimum atomic E-state index is -3.57. The number of ether oxygens (including phenoxy) is 5. The van der Waals surface area contributed by atoms with E-state index in [9.17, 15) is 0 Å². The van der Waals surface area contributed by atoms with Gasteiger partial charge in [0.1, 0.15) is 24.4 Å². The molecule has 0 saturated carbocycles. The summed E-state index contributed by atoms with van der Waals surface area (Å²) >= 11 is 6.93. The van der Waals surface area contributed by atoms with Gasteiger partial charge in [-0.2, -0.15) is 8.78 Å². The average molecular weight is 549 g/mol. The molecule has 214 valence electrons. The summed E-state index contributed by atoms with van der Waals surface area (Å²) in [6, 6.07) is 7.54. The number of rotatable bonds is 19. The topological polar surface area (TPSA) is 46.2 Å². The van der Waals surface area contributed by atoms with Crippen LogP contribution in [0.5, 0.6) is 0 Å². The summed E-state index contributed by atoms with van der Waals surface area (Å²) in [7, 11) is 0. The molecule has 0 amide bonds. The van der Waals surface area contributed by atoms with Crippen molar-refractivity contribution in [2.45, 2.75) is 114 Å². The lowest BCUT2D eigenvalue weighted by molar-refractivity contribution is -0.325. The van der Waals surface area contributed by atoms with Gasteiger partial charge in [0.15, 0.2) is 0 Å². The second-order valence-electron chi connectivity index (χ2n) is 9.69. The lowest BCUT2D eigenvalue weighted by Gasteiger charge is -2.52. The van der Waals surface area contributed by atoms with Crippen molar-refractivity contribution in [2.24, 2.45) is 0 Å². The SMILES string of the molecule is CCCCOC[C@H]1O[C@@](Cl)(C(F)(F)c2ccccc2)[C@H](OCCCC)[C@@H](OCCCC)[C@@H]1OCCCC. The fourth-order valence-corrected chi connectivity index (χ4v) is 4.70. The molecule has 37 heavy (non-hydrogen) atoms. The molecule has 1 aliphatic heterocycles. The van der Waals surface area contributed by atoms with Crippen molar-refractivity contribution >= 4 is 11.6 Å². The van der Waals surface area contributed by atoms with Crippen LogP contribution in [0.15, 0.2) is 30.3 Å². The minimum Gasteiger partial charge on any atom is -0.379 e. The molecule has 8 heteroatoms. The van der Waals surface area contributed by atoms with Gasteiger partial charge in [0.25, 0.3) is 0 Å². The Morgan fingerprint density at radius 3 is 1.86 bits per heavy atom. The standard InChI is InChI=1S/C29H47ClF2O5/c1-5-9-18-33-22-24-25(34-19-10-6-2)26(35-20-11-7-3)27(36-21-12-8-4)28(30,37-24)29(31,32)23-16-14-13-15-17-23/h13-17,24-27H,5-12,18-22H2,1-4H3/t24-,25-,26+,27-,28-/m1/s1. The normalized spacial score (nSPS) is 26.5. The first-order valence-corrected chi connectivity index (χ1v) is 14.5. The van der Waals surface area contributed by atoms with Crippen molar-refractivity contribution in [1.82, 2.24) is 0 Å². The molecule has 5 nitrogen and oxygen atoms in total. The van der Waals surface area contributed by atoms with Crippen molar-refractivity contribution in [2.75, 3.05) is 33.0 Å². The third-order valence-corrected chi connectivity index (χ3v) is 7.12. The first-order chi connectivity index (χ1) is 17.9. The molecule has 0 radical (unpaired) electrons. The third kappa shape index (κ3) is 8.84. The van der Waals surface area contributed by atoms with Crippen LogP contribution in [0.4, 0.5) is 8.78 Å². The summed E-state index contributed by atoms with van der Waals surface area (Å²) in [4.78, 5) is 0. The van der Waals surface area contributed by atoms with Crippen molar-refractivity contribution in [3.63, 3.8) is 0 Å². The van der Waals surface area contributed by atoms with Gasteiger partial charge in [-0.3, -0.25) is 0 Å². The lowest BCUT2D eigenvalue weighted by Crippen LogP contribution is -2.69. The highest BCUT2D eigenvalue weighted by atomic mass is 35.5. The van der Waals surface area contributed by atoms with Crippen LogP contribution in [0, 0.1) is 0 Å². The summed E-state index contributed by atoms with van der Waals surface area (Å²) in [6.45, 7) is 9.88. The highest BCUT2D eigenvalue weighted by Gasteiger charge is 2.68. The Balaban J connectivity index is 2.51. The van der Waals surface area contributed by atoms with Gasteiger partial charge in [0.05, 0.1) is 6.61 Å². The van der Waals surface area contributed by atoms with Crippen molar-refractivity contribution in [1.29, 1.82) is 0 Å². The number of alkyl halides is 3. The number of hydrogen-bond donors (Lipinski definition) is 0. The van der Waals surface area contributed by atoms with Gasteiger partial charge >= 0.3 is 5.92 Å². The summed E-state index contributed by atoms with van der Waals surface area (Å²) in [5, 5.41) is -2.51. The molecule has 0 aromatic heterocycles. The second-order valence-corrected chi connectivity index (χ2v) is 10.3.